The summed E-state index contributed by atoms with van der Waals surface area (Å²) < 4.78 is 43.9. The molecular weight excluding hydrogens is 523 g/mol. The smallest absolute Gasteiger partial charge is 0.410 e. The van der Waals surface area contributed by atoms with Gasteiger partial charge in [-0.15, -0.1) is 0 Å². The molecule has 37 heavy (non-hydrogen) atoms. The van der Waals surface area contributed by atoms with Crippen LogP contribution in [0.25, 0.3) is 0 Å². The van der Waals surface area contributed by atoms with Gasteiger partial charge in [-0.1, -0.05) is 28.6 Å². The van der Waals surface area contributed by atoms with Crippen molar-refractivity contribution in [1.29, 1.82) is 0 Å². The van der Waals surface area contributed by atoms with Gasteiger partial charge in [-0.25, -0.2) is 18.2 Å². The van der Waals surface area contributed by atoms with Gasteiger partial charge >= 0.3 is 6.09 Å². The third kappa shape index (κ3) is 6.83. The number of thiazole rings is 1. The van der Waals surface area contributed by atoms with Crippen LogP contribution >= 0.6 is 11.3 Å². The minimum atomic E-state index is -3.40. The first-order valence-electron chi connectivity index (χ1n) is 11.9. The van der Waals surface area contributed by atoms with Gasteiger partial charge in [0.1, 0.15) is 12.2 Å². The fourth-order valence-electron chi connectivity index (χ4n) is 3.82. The van der Waals surface area contributed by atoms with Crippen LogP contribution in [0.5, 0.6) is 0 Å². The number of amides is 2. The van der Waals surface area contributed by atoms with Crippen LogP contribution in [0.3, 0.4) is 0 Å². The molecule has 200 valence electrons. The molecule has 1 aromatic heterocycles. The Hall–Kier alpha value is -3.06. The van der Waals surface area contributed by atoms with Crippen molar-refractivity contribution in [2.75, 3.05) is 18.5 Å². The van der Waals surface area contributed by atoms with E-state index < -0.39 is 32.6 Å². The molecule has 10 nitrogen and oxygen atoms in total. The number of ether oxygens (including phenoxy) is 1. The van der Waals surface area contributed by atoms with Crippen molar-refractivity contribution >= 4 is 44.0 Å². The Morgan fingerprint density at radius 2 is 1.92 bits per heavy atom. The van der Waals surface area contributed by atoms with E-state index in [1.807, 2.05) is 0 Å². The molecule has 1 N–H and O–H groups in total. The number of carbonyl (C=O) groups is 2. The van der Waals surface area contributed by atoms with Gasteiger partial charge in [0.05, 0.1) is 22.4 Å². The summed E-state index contributed by atoms with van der Waals surface area (Å²) in [7, 11) is -3.40. The average Bonchev–Trinajstić information content (AvgIpc) is 3.46. The standard InChI is InChI=1S/C24H29FN4O6S2/c1-24(2,3)35-23(31)29-12-4-5-16(29)14-34-28-20(21(30)27-22-26-13-19(25)36-22)15-6-8-17(9-7-15)37(32,33)18-10-11-18/h6-9,13,16,18H,4-5,10-12,14H2,1-3H3,(H,26,27,30)/t16-/m0/s1. The van der Waals surface area contributed by atoms with Gasteiger partial charge in [0.15, 0.2) is 25.8 Å². The van der Waals surface area contributed by atoms with E-state index in [9.17, 15) is 22.4 Å². The first-order valence-corrected chi connectivity index (χ1v) is 14.3. The molecule has 1 atom stereocenters. The molecule has 4 rings (SSSR count). The number of anilines is 1. The quantitative estimate of drug-likeness (QED) is 0.388. The van der Waals surface area contributed by atoms with Crippen LogP contribution in [0.15, 0.2) is 40.5 Å². The van der Waals surface area contributed by atoms with Gasteiger partial charge in [0, 0.05) is 12.1 Å². The van der Waals surface area contributed by atoms with E-state index in [0.717, 1.165) is 12.6 Å². The lowest BCUT2D eigenvalue weighted by Crippen LogP contribution is -2.41. The first kappa shape index (κ1) is 27.0. The lowest BCUT2D eigenvalue weighted by atomic mass is 10.1. The SMILES string of the molecule is CC(C)(C)OC(=O)N1CCC[C@H]1CON=C(C(=O)Nc1ncc(F)s1)c1ccc(S(=O)(=O)C2CC2)cc1. The largest absolute Gasteiger partial charge is 0.444 e. The highest BCUT2D eigenvalue weighted by Crippen LogP contribution is 2.33. The number of likely N-dealkylation sites (tertiary alicyclic amines) is 1. The summed E-state index contributed by atoms with van der Waals surface area (Å²) in [6.07, 6.45) is 3.27. The number of oxime groups is 1. The Balaban J connectivity index is 1.51. The average molecular weight is 553 g/mol. The summed E-state index contributed by atoms with van der Waals surface area (Å²) >= 11 is 0.654. The summed E-state index contributed by atoms with van der Waals surface area (Å²) in [5.74, 6) is -0.706. The predicted molar refractivity (Wildman–Crippen MR) is 136 cm³/mol. The van der Waals surface area contributed by atoms with E-state index in [1.165, 1.54) is 24.3 Å². The molecule has 0 radical (unpaired) electrons. The lowest BCUT2D eigenvalue weighted by Gasteiger charge is -2.28. The maximum Gasteiger partial charge on any atom is 0.410 e. The second kappa shape index (κ2) is 10.7. The first-order chi connectivity index (χ1) is 17.4. The van der Waals surface area contributed by atoms with Crippen molar-refractivity contribution in [3.8, 4) is 0 Å². The maximum atomic E-state index is 13.4. The number of nitrogens with one attached hydrogen (secondary N) is 1. The fourth-order valence-corrected chi connectivity index (χ4v) is 6.02. The van der Waals surface area contributed by atoms with Gasteiger partial charge < -0.3 is 14.5 Å². The highest BCUT2D eigenvalue weighted by molar-refractivity contribution is 7.92. The summed E-state index contributed by atoms with van der Waals surface area (Å²) in [4.78, 5) is 36.6. The topological polar surface area (TPSA) is 127 Å². The number of rotatable bonds is 8. The number of hydrogen-bond acceptors (Lipinski definition) is 9. The van der Waals surface area contributed by atoms with Crippen LogP contribution in [0.4, 0.5) is 14.3 Å². The second-order valence-electron chi connectivity index (χ2n) is 9.90. The van der Waals surface area contributed by atoms with Gasteiger partial charge in [-0.2, -0.15) is 4.39 Å². The van der Waals surface area contributed by atoms with E-state index in [2.05, 4.69) is 15.5 Å². The monoisotopic (exact) mass is 552 g/mol. The highest BCUT2D eigenvalue weighted by Gasteiger charge is 2.37. The number of halogens is 1. The summed E-state index contributed by atoms with van der Waals surface area (Å²) in [6, 6.07) is 5.51. The molecule has 2 heterocycles. The van der Waals surface area contributed by atoms with E-state index >= 15 is 0 Å². The normalized spacial score (nSPS) is 18.5. The van der Waals surface area contributed by atoms with Crippen molar-refractivity contribution < 1.29 is 32.0 Å². The number of carbonyl (C=O) groups excluding carboxylic acids is 2. The molecule has 1 saturated carbocycles. The lowest BCUT2D eigenvalue weighted by molar-refractivity contribution is -0.110. The van der Waals surface area contributed by atoms with Crippen LogP contribution < -0.4 is 5.32 Å². The zero-order chi connectivity index (χ0) is 26.8. The Kier molecular flexibility index (Phi) is 7.83. The molecule has 0 spiro atoms. The van der Waals surface area contributed by atoms with Crippen molar-refractivity contribution in [1.82, 2.24) is 9.88 Å². The summed E-state index contributed by atoms with van der Waals surface area (Å²) in [6.45, 7) is 5.91. The molecule has 2 aromatic rings. The zero-order valence-corrected chi connectivity index (χ0v) is 22.4. The van der Waals surface area contributed by atoms with E-state index in [4.69, 9.17) is 9.57 Å². The summed E-state index contributed by atoms with van der Waals surface area (Å²) in [5, 5.41) is 5.61. The second-order valence-corrected chi connectivity index (χ2v) is 13.1. The minimum Gasteiger partial charge on any atom is -0.444 e. The minimum absolute atomic E-state index is 0.0239. The molecule has 1 aromatic carbocycles. The Morgan fingerprint density at radius 1 is 1.22 bits per heavy atom. The molecule has 1 saturated heterocycles. The fraction of sp³-hybridized carbons (Fsp3) is 0.500. The highest BCUT2D eigenvalue weighted by atomic mass is 32.2. The zero-order valence-electron chi connectivity index (χ0n) is 20.8. The van der Waals surface area contributed by atoms with Gasteiger partial charge in [-0.3, -0.25) is 10.1 Å². The van der Waals surface area contributed by atoms with Crippen molar-refractivity contribution in [2.24, 2.45) is 5.16 Å². The Labute approximate surface area is 218 Å². The van der Waals surface area contributed by atoms with Crippen LogP contribution in [-0.4, -0.2) is 66.1 Å². The van der Waals surface area contributed by atoms with Crippen LogP contribution in [-0.2, 0) is 24.2 Å². The number of sulfone groups is 1. The third-order valence-corrected chi connectivity index (χ3v) is 8.74. The molecule has 2 amide bonds. The van der Waals surface area contributed by atoms with Crippen molar-refractivity contribution in [3.63, 3.8) is 0 Å². The van der Waals surface area contributed by atoms with E-state index in [0.29, 0.717) is 42.7 Å². The van der Waals surface area contributed by atoms with Gasteiger partial charge in [0.25, 0.3) is 5.91 Å². The van der Waals surface area contributed by atoms with E-state index in [-0.39, 0.29) is 33.6 Å². The molecule has 1 aliphatic heterocycles. The molecular formula is C24H29FN4O6S2. The van der Waals surface area contributed by atoms with Gasteiger partial charge in [0.2, 0.25) is 0 Å². The summed E-state index contributed by atoms with van der Waals surface area (Å²) in [5.41, 5.74) is -0.476. The van der Waals surface area contributed by atoms with Crippen LogP contribution in [0.2, 0.25) is 0 Å². The third-order valence-electron chi connectivity index (χ3n) is 5.76. The number of aromatic nitrogens is 1. The predicted octanol–water partition coefficient (Wildman–Crippen LogP) is 3.98. The van der Waals surface area contributed by atoms with Crippen LogP contribution in [0.1, 0.15) is 52.0 Å². The Morgan fingerprint density at radius 3 is 2.51 bits per heavy atom. The number of benzene rings is 1. The maximum absolute atomic E-state index is 13.4. The molecule has 2 aliphatic rings. The number of nitrogens with zero attached hydrogens (tertiary/aromatic N) is 3. The van der Waals surface area contributed by atoms with E-state index in [1.54, 1.807) is 25.7 Å². The van der Waals surface area contributed by atoms with Crippen molar-refractivity contribution in [3.05, 3.63) is 41.2 Å². The molecule has 0 bridgehead atoms. The van der Waals surface area contributed by atoms with Crippen LogP contribution in [0, 0.1) is 5.13 Å². The Bertz CT molecular complexity index is 1280. The molecule has 2 fully saturated rings. The van der Waals surface area contributed by atoms with Crippen molar-refractivity contribution in [2.45, 2.75) is 68.2 Å². The molecule has 0 unspecified atom stereocenters. The molecule has 1 aliphatic carbocycles. The molecule has 13 heteroatoms. The van der Waals surface area contributed by atoms with Gasteiger partial charge in [-0.05, 0) is 58.6 Å². The number of hydrogen-bond donors (Lipinski definition) is 1.